The smallest absolute Gasteiger partial charge is 0.444 e. The zero-order valence-corrected chi connectivity index (χ0v) is 17.1. The lowest BCUT2D eigenvalue weighted by molar-refractivity contribution is -0.0500. The second kappa shape index (κ2) is 8.39. The molecule has 0 spiro atoms. The van der Waals surface area contributed by atoms with Crippen LogP contribution in [-0.4, -0.2) is 48.2 Å². The normalized spacial score (nSPS) is 19.6. The van der Waals surface area contributed by atoms with Crippen molar-refractivity contribution in [1.29, 1.82) is 0 Å². The number of hydrogen-bond donors (Lipinski definition) is 1. The molecule has 0 bridgehead atoms. The molecule has 1 aliphatic rings. The molecular formula is C18H24F3NO6S. The van der Waals surface area contributed by atoms with E-state index in [0.29, 0.717) is 18.5 Å². The minimum atomic E-state index is -5.77. The van der Waals surface area contributed by atoms with Crippen molar-refractivity contribution in [1.82, 2.24) is 4.90 Å². The zero-order valence-electron chi connectivity index (χ0n) is 16.3. The van der Waals surface area contributed by atoms with Gasteiger partial charge in [0.25, 0.3) is 0 Å². The van der Waals surface area contributed by atoms with Gasteiger partial charge >= 0.3 is 21.7 Å². The topological polar surface area (TPSA) is 93.1 Å². The fourth-order valence-corrected chi connectivity index (χ4v) is 3.41. The van der Waals surface area contributed by atoms with Gasteiger partial charge in [-0.05, 0) is 57.7 Å². The van der Waals surface area contributed by atoms with Crippen LogP contribution in [-0.2, 0) is 14.9 Å². The Balaban J connectivity index is 2.15. The molecule has 164 valence electrons. The molecule has 0 aliphatic carbocycles. The number of carbonyl (C=O) groups is 1. The second-order valence-corrected chi connectivity index (χ2v) is 9.27. The average Bonchev–Trinajstić information content (AvgIpc) is 2.59. The molecule has 11 heteroatoms. The molecule has 0 aromatic heterocycles. The van der Waals surface area contributed by atoms with Gasteiger partial charge in [0.15, 0.2) is 0 Å². The Bertz CT molecular complexity index is 817. The highest BCUT2D eigenvalue weighted by atomic mass is 32.2. The van der Waals surface area contributed by atoms with Crippen molar-refractivity contribution in [3.63, 3.8) is 0 Å². The fourth-order valence-electron chi connectivity index (χ4n) is 2.95. The molecule has 29 heavy (non-hydrogen) atoms. The quantitative estimate of drug-likeness (QED) is 0.568. The highest BCUT2D eigenvalue weighted by Gasteiger charge is 2.48. The largest absolute Gasteiger partial charge is 0.534 e. The number of benzene rings is 1. The van der Waals surface area contributed by atoms with Crippen LogP contribution in [0.2, 0.25) is 0 Å². The van der Waals surface area contributed by atoms with Gasteiger partial charge in [0.1, 0.15) is 11.4 Å². The molecule has 1 aliphatic heterocycles. The summed E-state index contributed by atoms with van der Waals surface area (Å²) in [7, 11) is -5.77. The van der Waals surface area contributed by atoms with Gasteiger partial charge in [-0.2, -0.15) is 21.6 Å². The van der Waals surface area contributed by atoms with E-state index in [-0.39, 0.29) is 0 Å². The first-order chi connectivity index (χ1) is 13.2. The minimum absolute atomic E-state index is 0.308. The third-order valence-electron chi connectivity index (χ3n) is 4.25. The fraction of sp³-hybridized carbons (Fsp3) is 0.611. The van der Waals surface area contributed by atoms with Crippen molar-refractivity contribution in [3.8, 4) is 5.75 Å². The van der Waals surface area contributed by atoms with Gasteiger partial charge in [-0.3, -0.25) is 0 Å². The number of likely N-dealkylation sites (tertiary alicyclic amines) is 1. The summed E-state index contributed by atoms with van der Waals surface area (Å²) in [6, 6.07) is 3.97. The SMILES string of the molecule is CC(C)(C)OC(=O)N1CCCC[C@H]1[C@@H](O)c1ccc(OS(=O)(=O)C(F)(F)F)cc1. The molecule has 0 unspecified atom stereocenters. The number of hydrogen-bond acceptors (Lipinski definition) is 6. The van der Waals surface area contributed by atoms with Crippen molar-refractivity contribution in [2.75, 3.05) is 6.54 Å². The number of aliphatic hydroxyl groups is 1. The minimum Gasteiger partial charge on any atom is -0.444 e. The van der Waals surface area contributed by atoms with E-state index in [4.69, 9.17) is 4.74 Å². The molecule has 0 saturated carbocycles. The molecule has 1 N–H and O–H groups in total. The van der Waals surface area contributed by atoms with E-state index in [0.717, 1.165) is 25.0 Å². The van der Waals surface area contributed by atoms with Gasteiger partial charge < -0.3 is 18.9 Å². The van der Waals surface area contributed by atoms with Crippen LogP contribution in [0.25, 0.3) is 0 Å². The molecule has 2 rings (SSSR count). The third-order valence-corrected chi connectivity index (χ3v) is 5.23. The van der Waals surface area contributed by atoms with E-state index in [1.165, 1.54) is 17.0 Å². The highest BCUT2D eigenvalue weighted by molar-refractivity contribution is 7.88. The molecule has 1 aromatic carbocycles. The lowest BCUT2D eigenvalue weighted by atomic mass is 9.93. The van der Waals surface area contributed by atoms with Crippen LogP contribution in [0.4, 0.5) is 18.0 Å². The lowest BCUT2D eigenvalue weighted by Gasteiger charge is -2.39. The van der Waals surface area contributed by atoms with Gasteiger partial charge in [0, 0.05) is 6.54 Å². The van der Waals surface area contributed by atoms with Crippen LogP contribution < -0.4 is 4.18 Å². The van der Waals surface area contributed by atoms with Crippen LogP contribution in [0.3, 0.4) is 0 Å². The first kappa shape index (κ1) is 23.3. The number of carbonyl (C=O) groups excluding carboxylic acids is 1. The first-order valence-corrected chi connectivity index (χ1v) is 10.4. The number of alkyl halides is 3. The van der Waals surface area contributed by atoms with Crippen LogP contribution in [0.15, 0.2) is 24.3 Å². The third kappa shape index (κ3) is 5.99. The lowest BCUT2D eigenvalue weighted by Crippen LogP contribution is -2.48. The predicted molar refractivity (Wildman–Crippen MR) is 97.6 cm³/mol. The second-order valence-electron chi connectivity index (χ2n) is 7.73. The molecule has 1 fully saturated rings. The Morgan fingerprint density at radius 2 is 1.76 bits per heavy atom. The summed E-state index contributed by atoms with van der Waals surface area (Å²) < 4.78 is 68.8. The van der Waals surface area contributed by atoms with E-state index in [1.807, 2.05) is 0 Å². The molecule has 7 nitrogen and oxygen atoms in total. The zero-order chi connectivity index (χ0) is 22.0. The number of amides is 1. The summed E-state index contributed by atoms with van der Waals surface area (Å²) in [5, 5.41) is 10.7. The van der Waals surface area contributed by atoms with Gasteiger partial charge in [0.05, 0.1) is 12.1 Å². The summed E-state index contributed by atoms with van der Waals surface area (Å²) >= 11 is 0. The number of rotatable bonds is 4. The number of ether oxygens (including phenoxy) is 1. The number of nitrogens with zero attached hydrogens (tertiary/aromatic N) is 1. The Hall–Kier alpha value is -2.01. The van der Waals surface area contributed by atoms with Crippen LogP contribution >= 0.6 is 0 Å². The average molecular weight is 439 g/mol. The maximum absolute atomic E-state index is 12.5. The maximum atomic E-state index is 12.5. The van der Waals surface area contributed by atoms with Crippen molar-refractivity contribution < 1.29 is 40.4 Å². The summed E-state index contributed by atoms with van der Waals surface area (Å²) in [5.41, 5.74) is -5.93. The molecule has 1 heterocycles. The van der Waals surface area contributed by atoms with Gasteiger partial charge in [0.2, 0.25) is 0 Å². The molecular weight excluding hydrogens is 415 g/mol. The molecule has 0 radical (unpaired) electrons. The van der Waals surface area contributed by atoms with E-state index in [2.05, 4.69) is 4.18 Å². The van der Waals surface area contributed by atoms with Crippen molar-refractivity contribution >= 4 is 16.2 Å². The molecule has 2 atom stereocenters. The van der Waals surface area contributed by atoms with Crippen molar-refractivity contribution in [2.45, 2.75) is 63.3 Å². The number of piperidine rings is 1. The van der Waals surface area contributed by atoms with E-state index < -0.39 is 45.2 Å². The summed E-state index contributed by atoms with van der Waals surface area (Å²) in [6.45, 7) is 5.59. The molecule has 1 aromatic rings. The van der Waals surface area contributed by atoms with Crippen molar-refractivity contribution in [3.05, 3.63) is 29.8 Å². The monoisotopic (exact) mass is 439 g/mol. The standard InChI is InChI=1S/C18H24F3NO6S/c1-17(2,3)27-16(24)22-11-5-4-6-14(22)15(23)12-7-9-13(10-8-12)28-29(25,26)18(19,20)21/h7-10,14-15,23H,4-6,11H2,1-3H3/t14-,15-/m0/s1. The number of halogens is 3. The molecule has 1 amide bonds. The summed E-state index contributed by atoms with van der Waals surface area (Å²) in [5.74, 6) is -0.536. The Kier molecular flexibility index (Phi) is 6.73. The van der Waals surface area contributed by atoms with Crippen LogP contribution in [0.5, 0.6) is 5.75 Å². The maximum Gasteiger partial charge on any atom is 0.534 e. The van der Waals surface area contributed by atoms with E-state index in [9.17, 15) is 31.5 Å². The Labute approximate surface area is 167 Å². The predicted octanol–water partition coefficient (Wildman–Crippen LogP) is 3.74. The number of aliphatic hydroxyl groups excluding tert-OH is 1. The van der Waals surface area contributed by atoms with E-state index >= 15 is 0 Å². The van der Waals surface area contributed by atoms with Gasteiger partial charge in [-0.25, -0.2) is 4.79 Å². The highest BCUT2D eigenvalue weighted by Crippen LogP contribution is 2.32. The van der Waals surface area contributed by atoms with Crippen LogP contribution in [0.1, 0.15) is 51.7 Å². The Morgan fingerprint density at radius 3 is 2.28 bits per heavy atom. The van der Waals surface area contributed by atoms with Crippen molar-refractivity contribution in [2.24, 2.45) is 0 Å². The molecule has 1 saturated heterocycles. The van der Waals surface area contributed by atoms with Crippen LogP contribution in [0, 0.1) is 0 Å². The first-order valence-electron chi connectivity index (χ1n) is 9.00. The van der Waals surface area contributed by atoms with E-state index in [1.54, 1.807) is 20.8 Å². The summed E-state index contributed by atoms with van der Waals surface area (Å²) in [4.78, 5) is 13.9. The summed E-state index contributed by atoms with van der Waals surface area (Å²) in [6.07, 6.45) is 0.367. The van der Waals surface area contributed by atoms with Gasteiger partial charge in [-0.1, -0.05) is 12.1 Å². The Morgan fingerprint density at radius 1 is 1.17 bits per heavy atom. The van der Waals surface area contributed by atoms with Gasteiger partial charge in [-0.15, -0.1) is 0 Å².